The number of fused-ring (bicyclic) bond motifs is 1. The van der Waals surface area contributed by atoms with Gasteiger partial charge in [-0.25, -0.2) is 13.8 Å². The second-order valence-corrected chi connectivity index (χ2v) is 8.34. The van der Waals surface area contributed by atoms with Crippen molar-refractivity contribution < 1.29 is 13.5 Å². The normalized spacial score (nSPS) is 13.8. The summed E-state index contributed by atoms with van der Waals surface area (Å²) in [5.74, 6) is 0.306. The molecule has 29 heavy (non-hydrogen) atoms. The van der Waals surface area contributed by atoms with E-state index in [4.69, 9.17) is 10.5 Å². The van der Waals surface area contributed by atoms with Gasteiger partial charge in [-0.3, -0.25) is 4.98 Å². The first-order valence-corrected chi connectivity index (χ1v) is 9.72. The summed E-state index contributed by atoms with van der Waals surface area (Å²) >= 11 is 0. The highest BCUT2D eigenvalue weighted by Crippen LogP contribution is 2.34. The number of pyridine rings is 2. The summed E-state index contributed by atoms with van der Waals surface area (Å²) in [6.45, 7) is 8.08. The van der Waals surface area contributed by atoms with E-state index >= 15 is 0 Å². The molecule has 0 bridgehead atoms. The van der Waals surface area contributed by atoms with Crippen molar-refractivity contribution in [1.82, 2.24) is 9.97 Å². The minimum atomic E-state index is -2.71. The van der Waals surface area contributed by atoms with Gasteiger partial charge in [0.05, 0.1) is 11.1 Å². The lowest BCUT2D eigenvalue weighted by molar-refractivity contribution is 0.137. The van der Waals surface area contributed by atoms with Crippen molar-refractivity contribution in [3.05, 3.63) is 53.9 Å². The molecule has 4 nitrogen and oxygen atoms in total. The molecule has 0 aliphatic carbocycles. The number of hydrogen-bond acceptors (Lipinski definition) is 4. The molecule has 3 rings (SSSR count). The number of aromatic nitrogens is 2. The highest BCUT2D eigenvalue weighted by Gasteiger charge is 2.24. The fourth-order valence-corrected chi connectivity index (χ4v) is 3.63. The van der Waals surface area contributed by atoms with E-state index < -0.39 is 12.0 Å². The van der Waals surface area contributed by atoms with Crippen LogP contribution < -0.4 is 10.5 Å². The SMILES string of the molecule is Cc1ccc2c(-c3cnc(OC[C@@](C)(N)CC(C)C)c(C(F)F)c3)ccnc2c1. The summed E-state index contributed by atoms with van der Waals surface area (Å²) in [5.41, 5.74) is 8.69. The van der Waals surface area contributed by atoms with Gasteiger partial charge in [-0.05, 0) is 55.5 Å². The van der Waals surface area contributed by atoms with Gasteiger partial charge in [0.2, 0.25) is 5.88 Å². The summed E-state index contributed by atoms with van der Waals surface area (Å²) in [5, 5.41) is 0.889. The average molecular weight is 399 g/mol. The lowest BCUT2D eigenvalue weighted by Gasteiger charge is -2.26. The molecule has 3 aromatic rings. The number of halogens is 2. The maximum atomic E-state index is 13.8. The molecule has 0 saturated heterocycles. The molecule has 154 valence electrons. The second-order valence-electron chi connectivity index (χ2n) is 8.34. The molecule has 0 amide bonds. The molecular formula is C23H27F2N3O. The molecule has 0 aliphatic heterocycles. The molecule has 0 fully saturated rings. The van der Waals surface area contributed by atoms with Gasteiger partial charge in [-0.1, -0.05) is 26.0 Å². The maximum absolute atomic E-state index is 13.8. The van der Waals surface area contributed by atoms with Crippen LogP contribution in [0.1, 0.15) is 44.7 Å². The lowest BCUT2D eigenvalue weighted by atomic mass is 9.93. The van der Waals surface area contributed by atoms with Crippen molar-refractivity contribution in [2.75, 3.05) is 6.61 Å². The first kappa shape index (κ1) is 21.1. The van der Waals surface area contributed by atoms with Gasteiger partial charge >= 0.3 is 0 Å². The van der Waals surface area contributed by atoms with Gasteiger partial charge in [0.1, 0.15) is 6.61 Å². The van der Waals surface area contributed by atoms with E-state index in [0.29, 0.717) is 11.5 Å². The molecule has 1 aromatic carbocycles. The Labute approximate surface area is 170 Å². The zero-order valence-corrected chi connectivity index (χ0v) is 17.2. The summed E-state index contributed by atoms with van der Waals surface area (Å²) in [6.07, 6.45) is 1.25. The van der Waals surface area contributed by atoms with Crippen LogP contribution in [0.4, 0.5) is 8.78 Å². The summed E-state index contributed by atoms with van der Waals surface area (Å²) in [7, 11) is 0. The Morgan fingerprint density at radius 1 is 1.14 bits per heavy atom. The largest absolute Gasteiger partial charge is 0.475 e. The Morgan fingerprint density at radius 2 is 1.90 bits per heavy atom. The van der Waals surface area contributed by atoms with Gasteiger partial charge in [-0.15, -0.1) is 0 Å². The van der Waals surface area contributed by atoms with Gasteiger partial charge in [-0.2, -0.15) is 0 Å². The van der Waals surface area contributed by atoms with E-state index in [2.05, 4.69) is 23.8 Å². The number of aryl methyl sites for hydroxylation is 1. The summed E-state index contributed by atoms with van der Waals surface area (Å²) in [4.78, 5) is 8.58. The molecule has 2 N–H and O–H groups in total. The molecule has 0 radical (unpaired) electrons. The Bertz CT molecular complexity index is 1000. The fraction of sp³-hybridized carbons (Fsp3) is 0.391. The molecule has 2 heterocycles. The highest BCUT2D eigenvalue weighted by molar-refractivity contribution is 5.94. The maximum Gasteiger partial charge on any atom is 0.269 e. The van der Waals surface area contributed by atoms with Crippen LogP contribution in [0.3, 0.4) is 0 Å². The van der Waals surface area contributed by atoms with E-state index in [1.165, 1.54) is 6.07 Å². The van der Waals surface area contributed by atoms with Crippen molar-refractivity contribution >= 4 is 10.9 Å². The van der Waals surface area contributed by atoms with Crippen LogP contribution in [0.5, 0.6) is 5.88 Å². The van der Waals surface area contributed by atoms with Gasteiger partial charge in [0, 0.05) is 28.9 Å². The van der Waals surface area contributed by atoms with E-state index in [9.17, 15) is 8.78 Å². The van der Waals surface area contributed by atoms with Crippen LogP contribution in [-0.2, 0) is 0 Å². The van der Waals surface area contributed by atoms with Crippen molar-refractivity contribution in [3.63, 3.8) is 0 Å². The molecule has 0 spiro atoms. The van der Waals surface area contributed by atoms with Gasteiger partial charge in [0.25, 0.3) is 6.43 Å². The van der Waals surface area contributed by atoms with E-state index in [1.54, 1.807) is 12.4 Å². The average Bonchev–Trinajstić information content (AvgIpc) is 2.64. The highest BCUT2D eigenvalue weighted by atomic mass is 19.3. The van der Waals surface area contributed by atoms with Crippen LogP contribution in [0.2, 0.25) is 0 Å². The zero-order valence-electron chi connectivity index (χ0n) is 17.2. The lowest BCUT2D eigenvalue weighted by Crippen LogP contribution is -2.43. The number of benzene rings is 1. The van der Waals surface area contributed by atoms with Gasteiger partial charge < -0.3 is 10.5 Å². The quantitative estimate of drug-likeness (QED) is 0.555. The monoisotopic (exact) mass is 399 g/mol. The van der Waals surface area contributed by atoms with Crippen molar-refractivity contribution in [3.8, 4) is 17.0 Å². The van der Waals surface area contributed by atoms with Crippen molar-refractivity contribution in [2.45, 2.75) is 46.1 Å². The fourth-order valence-electron chi connectivity index (χ4n) is 3.63. The second kappa shape index (κ2) is 8.41. The predicted octanol–water partition coefficient (Wildman–Crippen LogP) is 5.69. The van der Waals surface area contributed by atoms with E-state index in [1.807, 2.05) is 38.1 Å². The first-order valence-electron chi connectivity index (χ1n) is 9.72. The van der Waals surface area contributed by atoms with E-state index in [0.717, 1.165) is 28.5 Å². The number of nitrogens with zero attached hydrogens (tertiary/aromatic N) is 2. The van der Waals surface area contributed by atoms with E-state index in [-0.39, 0.29) is 18.1 Å². The Hall–Kier alpha value is -2.60. The van der Waals surface area contributed by atoms with Crippen LogP contribution in [-0.4, -0.2) is 22.1 Å². The Kier molecular flexibility index (Phi) is 6.13. The molecule has 2 aromatic heterocycles. The molecule has 1 atom stereocenters. The van der Waals surface area contributed by atoms with Gasteiger partial charge in [0.15, 0.2) is 0 Å². The standard InChI is InChI=1S/C23H27F2N3O/c1-14(2)11-23(4,26)13-29-22-19(21(24)25)10-16(12-28-22)17-7-8-27-20-9-15(3)5-6-18(17)20/h5-10,12,14,21H,11,13,26H2,1-4H3/t23-/m0/s1. The van der Waals surface area contributed by atoms with Crippen LogP contribution in [0.15, 0.2) is 42.7 Å². The van der Waals surface area contributed by atoms with Crippen LogP contribution in [0, 0.1) is 12.8 Å². The summed E-state index contributed by atoms with van der Waals surface area (Å²) in [6, 6.07) is 9.14. The zero-order chi connectivity index (χ0) is 21.2. The number of ether oxygens (including phenoxy) is 1. The first-order chi connectivity index (χ1) is 13.7. The minimum Gasteiger partial charge on any atom is -0.475 e. The Balaban J connectivity index is 1.95. The third-order valence-electron chi connectivity index (χ3n) is 4.74. The molecule has 0 aliphatic rings. The topological polar surface area (TPSA) is 61.0 Å². The third-order valence-corrected chi connectivity index (χ3v) is 4.74. The summed E-state index contributed by atoms with van der Waals surface area (Å²) < 4.78 is 33.1. The number of rotatable bonds is 7. The predicted molar refractivity (Wildman–Crippen MR) is 112 cm³/mol. The van der Waals surface area contributed by atoms with Crippen LogP contribution in [0.25, 0.3) is 22.0 Å². The Morgan fingerprint density at radius 3 is 2.59 bits per heavy atom. The number of alkyl halides is 2. The third kappa shape index (κ3) is 5.07. The molecule has 0 unspecified atom stereocenters. The number of nitrogens with two attached hydrogens (primary N) is 1. The van der Waals surface area contributed by atoms with Crippen LogP contribution >= 0.6 is 0 Å². The van der Waals surface area contributed by atoms with Crippen molar-refractivity contribution in [1.29, 1.82) is 0 Å². The molecular weight excluding hydrogens is 372 g/mol. The van der Waals surface area contributed by atoms with Crippen molar-refractivity contribution in [2.24, 2.45) is 11.7 Å². The smallest absolute Gasteiger partial charge is 0.269 e. The molecule has 6 heteroatoms. The molecule has 0 saturated carbocycles. The minimum absolute atomic E-state index is 0.0709. The number of hydrogen-bond donors (Lipinski definition) is 1.